The number of carbonyl (C=O) groups is 3. The Morgan fingerprint density at radius 3 is 2.39 bits per heavy atom. The quantitative estimate of drug-likeness (QED) is 0.133. The van der Waals surface area contributed by atoms with Crippen LogP contribution in [-0.2, 0) is 30.5 Å². The van der Waals surface area contributed by atoms with Crippen LogP contribution in [0.5, 0.6) is 5.75 Å². The first-order valence-corrected chi connectivity index (χ1v) is 19.0. The molecule has 10 heteroatoms. The molecule has 2 saturated carbocycles. The second kappa shape index (κ2) is 14.5. The van der Waals surface area contributed by atoms with Gasteiger partial charge in [-0.1, -0.05) is 31.2 Å². The van der Waals surface area contributed by atoms with Crippen LogP contribution >= 0.6 is 11.3 Å². The third-order valence-corrected chi connectivity index (χ3v) is 11.9. The van der Waals surface area contributed by atoms with E-state index in [1.807, 2.05) is 35.2 Å². The first-order chi connectivity index (χ1) is 24.5. The molecule has 0 spiro atoms. The standard InChI is InChI=1S/C41H48N2O7S/c1-25-10-12-26(13-11-25)38(44)43(29-15-17-30(47-5)18-16-29)34-22-36(51-37(34)39(45)49-24-50-40(46)41(2,3)4)28-14-19-31-33-20-27-8-6-7-9-32(27)42(33)23-48-35(31)21-28/h6-9,14,19-22,25-26,29-30H,10-13,15-18,23-24H2,1-5H3. The number of ether oxygens (including phenoxy) is 4. The number of hydrogen-bond acceptors (Lipinski definition) is 8. The maximum atomic E-state index is 14.6. The normalized spacial score (nSPS) is 21.7. The average molecular weight is 713 g/mol. The second-order valence-corrected chi connectivity index (χ2v) is 16.4. The molecule has 7 rings (SSSR count). The number of thiophene rings is 1. The minimum atomic E-state index is -0.738. The van der Waals surface area contributed by atoms with Crippen molar-refractivity contribution in [2.45, 2.75) is 97.9 Å². The number of benzene rings is 2. The molecule has 0 bridgehead atoms. The van der Waals surface area contributed by atoms with Crippen LogP contribution in [0.25, 0.3) is 32.6 Å². The van der Waals surface area contributed by atoms with Gasteiger partial charge in [0.1, 0.15) is 10.6 Å². The van der Waals surface area contributed by atoms with E-state index < -0.39 is 24.1 Å². The van der Waals surface area contributed by atoms with Gasteiger partial charge >= 0.3 is 11.9 Å². The van der Waals surface area contributed by atoms with Crippen molar-refractivity contribution in [1.29, 1.82) is 0 Å². The van der Waals surface area contributed by atoms with Crippen LogP contribution in [0.15, 0.2) is 54.6 Å². The van der Waals surface area contributed by atoms with Crippen molar-refractivity contribution >= 4 is 45.8 Å². The first-order valence-electron chi connectivity index (χ1n) is 18.2. The highest BCUT2D eigenvalue weighted by molar-refractivity contribution is 7.18. The van der Waals surface area contributed by atoms with Gasteiger partial charge in [-0.3, -0.25) is 9.59 Å². The summed E-state index contributed by atoms with van der Waals surface area (Å²) in [5.74, 6) is 0.238. The van der Waals surface area contributed by atoms with Crippen LogP contribution < -0.4 is 9.64 Å². The number of fused-ring (bicyclic) bond motifs is 5. The Bertz CT molecular complexity index is 1920. The second-order valence-electron chi connectivity index (χ2n) is 15.4. The molecule has 3 heterocycles. The van der Waals surface area contributed by atoms with Gasteiger partial charge in [0, 0.05) is 34.9 Å². The molecule has 0 atom stereocenters. The highest BCUT2D eigenvalue weighted by Crippen LogP contribution is 2.45. The van der Waals surface area contributed by atoms with Crippen molar-refractivity contribution in [2.24, 2.45) is 17.3 Å². The molecule has 0 N–H and O–H groups in total. The van der Waals surface area contributed by atoms with Gasteiger partial charge < -0.3 is 28.4 Å². The number of aromatic nitrogens is 1. The van der Waals surface area contributed by atoms with Gasteiger partial charge in [0.25, 0.3) is 0 Å². The Morgan fingerprint density at radius 1 is 0.922 bits per heavy atom. The van der Waals surface area contributed by atoms with Gasteiger partial charge in [0.05, 0.1) is 28.4 Å². The van der Waals surface area contributed by atoms with Crippen molar-refractivity contribution in [1.82, 2.24) is 4.57 Å². The zero-order valence-electron chi connectivity index (χ0n) is 30.2. The van der Waals surface area contributed by atoms with Crippen LogP contribution in [0.2, 0.25) is 0 Å². The SMILES string of the molecule is COC1CCC(N(C(=O)C2CCC(C)CC2)c2cc(-c3ccc4c(c3)OCn3c-4cc4ccccc43)sc2C(=O)OCOC(=O)C(C)(C)C)CC1. The molecule has 2 aliphatic carbocycles. The summed E-state index contributed by atoms with van der Waals surface area (Å²) in [4.78, 5) is 44.1. The van der Waals surface area contributed by atoms with E-state index in [2.05, 4.69) is 35.8 Å². The van der Waals surface area contributed by atoms with Gasteiger partial charge in [-0.15, -0.1) is 11.3 Å². The van der Waals surface area contributed by atoms with E-state index in [-0.39, 0.29) is 24.0 Å². The van der Waals surface area contributed by atoms with Crippen LogP contribution in [0.3, 0.4) is 0 Å². The largest absolute Gasteiger partial charge is 0.472 e. The molecule has 2 fully saturated rings. The minimum Gasteiger partial charge on any atom is -0.472 e. The third-order valence-electron chi connectivity index (χ3n) is 10.8. The Labute approximate surface area is 303 Å². The summed E-state index contributed by atoms with van der Waals surface area (Å²) in [6, 6.07) is 18.5. The molecule has 1 amide bonds. The molecule has 3 aliphatic rings. The van der Waals surface area contributed by atoms with E-state index >= 15 is 0 Å². The first kappa shape index (κ1) is 35.3. The molecule has 0 saturated heterocycles. The van der Waals surface area contributed by atoms with E-state index in [9.17, 15) is 14.4 Å². The fraction of sp³-hybridized carbons (Fsp3) is 0.488. The summed E-state index contributed by atoms with van der Waals surface area (Å²) in [5.41, 5.74) is 3.91. The third kappa shape index (κ3) is 7.17. The predicted molar refractivity (Wildman–Crippen MR) is 199 cm³/mol. The summed E-state index contributed by atoms with van der Waals surface area (Å²) < 4.78 is 25.1. The van der Waals surface area contributed by atoms with E-state index in [0.717, 1.165) is 89.7 Å². The smallest absolute Gasteiger partial charge is 0.353 e. The monoisotopic (exact) mass is 712 g/mol. The number of methoxy groups -OCH3 is 1. The molecule has 9 nitrogen and oxygen atoms in total. The Kier molecular flexibility index (Phi) is 10.0. The van der Waals surface area contributed by atoms with Crippen LogP contribution in [0.4, 0.5) is 5.69 Å². The lowest BCUT2D eigenvalue weighted by Crippen LogP contribution is -2.47. The Balaban J connectivity index is 1.26. The van der Waals surface area contributed by atoms with Crippen molar-refractivity contribution in [3.63, 3.8) is 0 Å². The van der Waals surface area contributed by atoms with E-state index in [1.54, 1.807) is 27.9 Å². The van der Waals surface area contributed by atoms with Crippen molar-refractivity contribution < 1.29 is 33.3 Å². The lowest BCUT2D eigenvalue weighted by atomic mass is 9.81. The number of para-hydroxylation sites is 1. The van der Waals surface area contributed by atoms with Crippen molar-refractivity contribution in [3.8, 4) is 27.4 Å². The summed E-state index contributed by atoms with van der Waals surface area (Å²) >= 11 is 1.29. The number of anilines is 1. The number of rotatable bonds is 8. The molecule has 4 aromatic rings. The molecule has 2 aromatic carbocycles. The molecular formula is C41H48N2O7S. The van der Waals surface area contributed by atoms with Crippen molar-refractivity contribution in [2.75, 3.05) is 18.8 Å². The predicted octanol–water partition coefficient (Wildman–Crippen LogP) is 9.21. The Morgan fingerprint density at radius 2 is 1.67 bits per heavy atom. The van der Waals surface area contributed by atoms with Crippen molar-refractivity contribution in [3.05, 3.63) is 59.5 Å². The highest BCUT2D eigenvalue weighted by atomic mass is 32.1. The van der Waals surface area contributed by atoms with E-state index in [0.29, 0.717) is 23.2 Å². The molecule has 1 aliphatic heterocycles. The topological polar surface area (TPSA) is 96.3 Å². The zero-order chi connectivity index (χ0) is 35.9. The summed E-state index contributed by atoms with van der Waals surface area (Å²) in [6.45, 7) is 7.38. The van der Waals surface area contributed by atoms with E-state index in [1.165, 1.54) is 11.3 Å². The maximum absolute atomic E-state index is 14.6. The van der Waals surface area contributed by atoms with E-state index in [4.69, 9.17) is 18.9 Å². The average Bonchev–Trinajstić information content (AvgIpc) is 3.74. The van der Waals surface area contributed by atoms with Crippen LogP contribution in [0.1, 0.15) is 88.7 Å². The number of nitrogens with zero attached hydrogens (tertiary/aromatic N) is 2. The zero-order valence-corrected chi connectivity index (χ0v) is 31.1. The van der Waals surface area contributed by atoms with Crippen LogP contribution in [0, 0.1) is 17.3 Å². The van der Waals surface area contributed by atoms with Gasteiger partial charge in [0.2, 0.25) is 12.7 Å². The van der Waals surface area contributed by atoms with Crippen LogP contribution in [-0.4, -0.2) is 48.5 Å². The van der Waals surface area contributed by atoms with Gasteiger partial charge in [-0.05, 0) is 114 Å². The number of carbonyl (C=O) groups excluding carboxylic acids is 3. The Hall–Kier alpha value is -4.15. The molecule has 51 heavy (non-hydrogen) atoms. The van der Waals surface area contributed by atoms with Gasteiger partial charge in [0.15, 0.2) is 6.73 Å². The summed E-state index contributed by atoms with van der Waals surface area (Å²) in [5, 5.41) is 1.16. The lowest BCUT2D eigenvalue weighted by molar-refractivity contribution is -0.161. The van der Waals surface area contributed by atoms with Gasteiger partial charge in [-0.2, -0.15) is 0 Å². The maximum Gasteiger partial charge on any atom is 0.353 e. The summed E-state index contributed by atoms with van der Waals surface area (Å²) in [6.07, 6.45) is 7.08. The minimum absolute atomic E-state index is 0.0712. The fourth-order valence-electron chi connectivity index (χ4n) is 7.72. The molecule has 2 aromatic heterocycles. The molecular weight excluding hydrogens is 665 g/mol. The van der Waals surface area contributed by atoms with Gasteiger partial charge in [-0.25, -0.2) is 4.79 Å². The molecule has 0 radical (unpaired) electrons. The molecule has 0 unspecified atom stereocenters. The molecule has 270 valence electrons. The summed E-state index contributed by atoms with van der Waals surface area (Å²) in [7, 11) is 1.74. The number of hydrogen-bond donors (Lipinski definition) is 0. The number of amides is 1. The number of esters is 2. The fourth-order valence-corrected chi connectivity index (χ4v) is 8.76. The lowest BCUT2D eigenvalue weighted by Gasteiger charge is -2.39. The highest BCUT2D eigenvalue weighted by Gasteiger charge is 2.38.